The number of ether oxygens (including phenoxy) is 1. The minimum Gasteiger partial charge on any atom is -0.378 e. The third-order valence-electron chi connectivity index (χ3n) is 4.20. The molecule has 5 heteroatoms. The van der Waals surface area contributed by atoms with Crippen LogP contribution in [0.3, 0.4) is 0 Å². The Labute approximate surface area is 130 Å². The van der Waals surface area contributed by atoms with Crippen LogP contribution in [0.4, 0.5) is 5.69 Å². The number of aryl methyl sites for hydroxylation is 1. The molecule has 2 aromatic rings. The smallest absolute Gasteiger partial charge is 0.198 e. The number of rotatable bonds is 3. The molecule has 0 saturated carbocycles. The van der Waals surface area contributed by atoms with E-state index in [4.69, 9.17) is 4.74 Å². The van der Waals surface area contributed by atoms with E-state index in [1.165, 1.54) is 4.90 Å². The fraction of sp³-hybridized carbons (Fsp3) is 0.471. The number of nitrogens with zero attached hydrogens (tertiary/aromatic N) is 1. The van der Waals surface area contributed by atoms with Gasteiger partial charge in [0.1, 0.15) is 6.54 Å². The molecule has 0 aliphatic carbocycles. The van der Waals surface area contributed by atoms with E-state index in [9.17, 15) is 4.79 Å². The molecule has 0 unspecified atom stereocenters. The molecule has 22 heavy (non-hydrogen) atoms. The maximum absolute atomic E-state index is 12.8. The van der Waals surface area contributed by atoms with Gasteiger partial charge in [0.05, 0.1) is 32.9 Å². The summed E-state index contributed by atoms with van der Waals surface area (Å²) in [5.41, 5.74) is 4.03. The maximum atomic E-state index is 12.8. The van der Waals surface area contributed by atoms with E-state index >= 15 is 0 Å². The lowest BCUT2D eigenvalue weighted by Gasteiger charge is -2.29. The fourth-order valence-electron chi connectivity index (χ4n) is 3.02. The highest BCUT2D eigenvalue weighted by molar-refractivity contribution is 5.83. The molecule has 1 aromatic carbocycles. The number of aromatic amines is 1. The van der Waals surface area contributed by atoms with Crippen LogP contribution in [-0.4, -0.2) is 45.4 Å². The van der Waals surface area contributed by atoms with Gasteiger partial charge >= 0.3 is 0 Å². The van der Waals surface area contributed by atoms with Gasteiger partial charge < -0.3 is 19.5 Å². The van der Waals surface area contributed by atoms with Crippen LogP contribution >= 0.6 is 0 Å². The van der Waals surface area contributed by atoms with Crippen LogP contribution in [-0.2, 0) is 11.3 Å². The summed E-state index contributed by atoms with van der Waals surface area (Å²) in [6, 6.07) is 6.12. The first-order valence-electron chi connectivity index (χ1n) is 7.83. The Morgan fingerprint density at radius 2 is 2.00 bits per heavy atom. The van der Waals surface area contributed by atoms with Crippen LogP contribution < -0.4 is 15.2 Å². The first kappa shape index (κ1) is 15.1. The van der Waals surface area contributed by atoms with Crippen LogP contribution in [0, 0.1) is 6.92 Å². The standard InChI is InChI=1S/C17H23N3O2/c1-12-15(11-19(2)3)17(21)14-10-13(4-5-16(14)18-12)20-6-8-22-9-7-20/h4-5,10H,6-9,11H2,1-3H3,(H,18,21)/p+1. The van der Waals surface area contributed by atoms with Gasteiger partial charge in [-0.15, -0.1) is 0 Å². The highest BCUT2D eigenvalue weighted by Gasteiger charge is 2.15. The van der Waals surface area contributed by atoms with Crippen molar-refractivity contribution >= 4 is 16.6 Å². The molecule has 3 rings (SSSR count). The number of hydrogen-bond acceptors (Lipinski definition) is 3. The number of pyridine rings is 1. The van der Waals surface area contributed by atoms with E-state index in [2.05, 4.69) is 30.0 Å². The number of hydrogen-bond donors (Lipinski definition) is 2. The van der Waals surface area contributed by atoms with Gasteiger partial charge in [-0.1, -0.05) is 0 Å². The molecule has 2 heterocycles. The quantitative estimate of drug-likeness (QED) is 0.858. The Balaban J connectivity index is 2.08. The number of nitrogens with one attached hydrogen (secondary N) is 2. The van der Waals surface area contributed by atoms with E-state index < -0.39 is 0 Å². The molecule has 1 fully saturated rings. The van der Waals surface area contributed by atoms with E-state index in [-0.39, 0.29) is 5.43 Å². The molecule has 0 atom stereocenters. The second-order valence-corrected chi connectivity index (χ2v) is 6.27. The summed E-state index contributed by atoms with van der Waals surface area (Å²) in [7, 11) is 4.13. The van der Waals surface area contributed by atoms with Gasteiger partial charge in [0.25, 0.3) is 0 Å². The summed E-state index contributed by atoms with van der Waals surface area (Å²) in [4.78, 5) is 19.7. The topological polar surface area (TPSA) is 49.8 Å². The lowest BCUT2D eigenvalue weighted by atomic mass is 10.1. The molecular formula is C17H24N3O2+. The SMILES string of the molecule is Cc1[nH]c2ccc(N3CCOCC3)cc2c(=O)c1C[NH+](C)C. The van der Waals surface area contributed by atoms with E-state index in [1.54, 1.807) is 0 Å². The summed E-state index contributed by atoms with van der Waals surface area (Å²) >= 11 is 0. The second kappa shape index (κ2) is 6.10. The average molecular weight is 302 g/mol. The summed E-state index contributed by atoms with van der Waals surface area (Å²) < 4.78 is 5.40. The minimum absolute atomic E-state index is 0.155. The van der Waals surface area contributed by atoms with Crippen LogP contribution in [0.1, 0.15) is 11.3 Å². The number of aromatic nitrogens is 1. The van der Waals surface area contributed by atoms with Crippen LogP contribution in [0.15, 0.2) is 23.0 Å². The third kappa shape index (κ3) is 2.87. The summed E-state index contributed by atoms with van der Waals surface area (Å²) in [6.45, 7) is 5.97. The molecule has 1 saturated heterocycles. The van der Waals surface area contributed by atoms with Gasteiger partial charge in [-0.05, 0) is 25.1 Å². The summed E-state index contributed by atoms with van der Waals surface area (Å²) in [5, 5.41) is 0.783. The number of quaternary nitrogens is 1. The Morgan fingerprint density at radius 1 is 1.27 bits per heavy atom. The minimum atomic E-state index is 0.155. The molecule has 2 N–H and O–H groups in total. The first-order chi connectivity index (χ1) is 10.6. The molecule has 118 valence electrons. The van der Waals surface area contributed by atoms with Gasteiger partial charge in [0, 0.05) is 35.4 Å². The lowest BCUT2D eigenvalue weighted by Crippen LogP contribution is -3.04. The molecular weight excluding hydrogens is 278 g/mol. The van der Waals surface area contributed by atoms with Gasteiger partial charge in [-0.3, -0.25) is 4.79 Å². The van der Waals surface area contributed by atoms with E-state index in [1.807, 2.05) is 19.1 Å². The average Bonchev–Trinajstić information content (AvgIpc) is 2.52. The molecule has 0 spiro atoms. The molecule has 1 aliphatic rings. The molecule has 1 aromatic heterocycles. The van der Waals surface area contributed by atoms with Gasteiger partial charge in [0.2, 0.25) is 0 Å². The Morgan fingerprint density at radius 3 is 2.68 bits per heavy atom. The molecule has 1 aliphatic heterocycles. The summed E-state index contributed by atoms with van der Waals surface area (Å²) in [6.07, 6.45) is 0. The van der Waals surface area contributed by atoms with Crippen molar-refractivity contribution in [3.63, 3.8) is 0 Å². The highest BCUT2D eigenvalue weighted by atomic mass is 16.5. The highest BCUT2D eigenvalue weighted by Crippen LogP contribution is 2.21. The first-order valence-corrected chi connectivity index (χ1v) is 7.83. The third-order valence-corrected chi connectivity index (χ3v) is 4.20. The van der Waals surface area contributed by atoms with Crippen molar-refractivity contribution in [2.75, 3.05) is 45.3 Å². The van der Waals surface area contributed by atoms with Gasteiger partial charge in [0.15, 0.2) is 5.43 Å². The van der Waals surface area contributed by atoms with Crippen LogP contribution in [0.2, 0.25) is 0 Å². The predicted molar refractivity (Wildman–Crippen MR) is 88.9 cm³/mol. The van der Waals surface area contributed by atoms with E-state index in [0.29, 0.717) is 0 Å². The normalized spacial score (nSPS) is 15.7. The number of morpholine rings is 1. The van der Waals surface area contributed by atoms with Gasteiger partial charge in [-0.25, -0.2) is 0 Å². The van der Waals surface area contributed by atoms with Crippen molar-refractivity contribution in [2.45, 2.75) is 13.5 Å². The molecule has 5 nitrogen and oxygen atoms in total. The Kier molecular flexibility index (Phi) is 4.18. The zero-order chi connectivity index (χ0) is 15.7. The van der Waals surface area contributed by atoms with Crippen molar-refractivity contribution in [3.05, 3.63) is 39.7 Å². The van der Waals surface area contributed by atoms with Gasteiger partial charge in [-0.2, -0.15) is 0 Å². The summed E-state index contributed by atoms with van der Waals surface area (Å²) in [5.74, 6) is 0. The predicted octanol–water partition coefficient (Wildman–Crippen LogP) is 0.318. The molecule has 0 radical (unpaired) electrons. The fourth-order valence-corrected chi connectivity index (χ4v) is 3.02. The van der Waals surface area contributed by atoms with Crippen molar-refractivity contribution in [3.8, 4) is 0 Å². The zero-order valence-electron chi connectivity index (χ0n) is 13.5. The van der Waals surface area contributed by atoms with E-state index in [0.717, 1.165) is 60.7 Å². The number of anilines is 1. The van der Waals surface area contributed by atoms with Crippen molar-refractivity contribution < 1.29 is 9.64 Å². The lowest BCUT2D eigenvalue weighted by molar-refractivity contribution is -0.872. The van der Waals surface area contributed by atoms with Crippen molar-refractivity contribution in [1.82, 2.24) is 4.98 Å². The molecule has 0 bridgehead atoms. The molecule has 0 amide bonds. The number of H-pyrrole nitrogens is 1. The number of fused-ring (bicyclic) bond motifs is 1. The zero-order valence-corrected chi connectivity index (χ0v) is 13.5. The Bertz CT molecular complexity index is 730. The van der Waals surface area contributed by atoms with Crippen LogP contribution in [0.25, 0.3) is 10.9 Å². The number of benzene rings is 1. The van der Waals surface area contributed by atoms with Crippen molar-refractivity contribution in [1.29, 1.82) is 0 Å². The van der Waals surface area contributed by atoms with Crippen molar-refractivity contribution in [2.24, 2.45) is 0 Å². The maximum Gasteiger partial charge on any atom is 0.198 e. The Hall–Kier alpha value is -1.85. The second-order valence-electron chi connectivity index (χ2n) is 6.27. The van der Waals surface area contributed by atoms with Crippen LogP contribution in [0.5, 0.6) is 0 Å². The largest absolute Gasteiger partial charge is 0.378 e. The monoisotopic (exact) mass is 302 g/mol.